The maximum Gasteiger partial charge on any atom is 0.347 e. The van der Waals surface area contributed by atoms with Crippen LogP contribution in [-0.4, -0.2) is 29.1 Å². The zero-order chi connectivity index (χ0) is 11.6. The van der Waals surface area contributed by atoms with Crippen molar-refractivity contribution in [1.82, 2.24) is 0 Å². The van der Waals surface area contributed by atoms with Crippen molar-refractivity contribution in [3.63, 3.8) is 0 Å². The van der Waals surface area contributed by atoms with Crippen molar-refractivity contribution in [2.45, 2.75) is 5.37 Å². The molecule has 1 aliphatic carbocycles. The SMILES string of the molecule is O=C1C=CC=CC1C([N+](=O)[O-])S(=O)(=O)O. The number of carbonyl (C=O) groups excluding carboxylic acids is 1. The maximum atomic E-state index is 11.2. The monoisotopic (exact) mass is 233 g/mol. The predicted octanol–water partition coefficient (Wildman–Crippen LogP) is -0.212. The van der Waals surface area contributed by atoms with Gasteiger partial charge in [0.15, 0.2) is 5.78 Å². The Bertz CT molecular complexity index is 448. The van der Waals surface area contributed by atoms with Crippen LogP contribution in [0.25, 0.3) is 0 Å². The summed E-state index contributed by atoms with van der Waals surface area (Å²) in [5, 5.41) is 8.11. The number of carbonyl (C=O) groups is 1. The second-order valence-electron chi connectivity index (χ2n) is 2.86. The number of hydrogen-bond acceptors (Lipinski definition) is 5. The molecular weight excluding hydrogens is 226 g/mol. The van der Waals surface area contributed by atoms with Gasteiger partial charge in [-0.15, -0.1) is 0 Å². The third-order valence-corrected chi connectivity index (χ3v) is 2.91. The van der Waals surface area contributed by atoms with Crippen LogP contribution in [0.5, 0.6) is 0 Å². The first-order valence-corrected chi connectivity index (χ1v) is 5.33. The first-order chi connectivity index (χ1) is 6.84. The van der Waals surface area contributed by atoms with Gasteiger partial charge in [-0.3, -0.25) is 19.5 Å². The molecule has 0 radical (unpaired) electrons. The smallest absolute Gasteiger partial charge is 0.294 e. The highest BCUT2D eigenvalue weighted by Gasteiger charge is 2.44. The quantitative estimate of drug-likeness (QED) is 0.409. The lowest BCUT2D eigenvalue weighted by molar-refractivity contribution is -0.502. The first-order valence-electron chi connectivity index (χ1n) is 3.82. The summed E-state index contributed by atoms with van der Waals surface area (Å²) in [5.74, 6) is -2.20. The lowest BCUT2D eigenvalue weighted by Crippen LogP contribution is -2.39. The Morgan fingerprint density at radius 2 is 2.07 bits per heavy atom. The highest BCUT2D eigenvalue weighted by Crippen LogP contribution is 2.19. The van der Waals surface area contributed by atoms with Crippen molar-refractivity contribution in [1.29, 1.82) is 0 Å². The van der Waals surface area contributed by atoms with Gasteiger partial charge in [-0.1, -0.05) is 18.2 Å². The molecule has 82 valence electrons. The third-order valence-electron chi connectivity index (χ3n) is 1.84. The number of hydrogen-bond donors (Lipinski definition) is 1. The molecule has 0 fully saturated rings. The summed E-state index contributed by atoms with van der Waals surface area (Å²) < 4.78 is 30.1. The van der Waals surface area contributed by atoms with E-state index in [-0.39, 0.29) is 0 Å². The molecule has 1 N–H and O–H groups in total. The zero-order valence-electron chi connectivity index (χ0n) is 7.31. The van der Waals surface area contributed by atoms with Crippen molar-refractivity contribution < 1.29 is 22.7 Å². The molecule has 0 aromatic heterocycles. The summed E-state index contributed by atoms with van der Waals surface area (Å²) >= 11 is 0. The van der Waals surface area contributed by atoms with Crippen LogP contribution >= 0.6 is 0 Å². The average molecular weight is 233 g/mol. The molecular formula is C7H7NO6S. The fraction of sp³-hybridized carbons (Fsp3) is 0.286. The van der Waals surface area contributed by atoms with Gasteiger partial charge in [0.05, 0.1) is 0 Å². The van der Waals surface area contributed by atoms with E-state index in [2.05, 4.69) is 0 Å². The standard InChI is InChI=1S/C7H7NO6S/c9-6-4-2-1-3-5(6)7(8(10)11)15(12,13)14/h1-5,7H,(H,12,13,14). The van der Waals surface area contributed by atoms with Crippen LogP contribution < -0.4 is 0 Å². The molecule has 0 spiro atoms. The molecule has 7 nitrogen and oxygen atoms in total. The van der Waals surface area contributed by atoms with Gasteiger partial charge < -0.3 is 0 Å². The van der Waals surface area contributed by atoms with Gasteiger partial charge in [0.1, 0.15) is 5.92 Å². The summed E-state index contributed by atoms with van der Waals surface area (Å²) in [6.07, 6.45) is 4.74. The van der Waals surface area contributed by atoms with Gasteiger partial charge in [-0.25, -0.2) is 0 Å². The molecule has 0 aromatic carbocycles. The van der Waals surface area contributed by atoms with E-state index >= 15 is 0 Å². The number of allylic oxidation sites excluding steroid dienone is 3. The zero-order valence-corrected chi connectivity index (χ0v) is 8.12. The second-order valence-corrected chi connectivity index (χ2v) is 4.38. The molecule has 2 unspecified atom stereocenters. The highest BCUT2D eigenvalue weighted by molar-refractivity contribution is 7.86. The van der Waals surface area contributed by atoms with E-state index in [0.717, 1.165) is 12.2 Å². The van der Waals surface area contributed by atoms with Crippen LogP contribution in [0.1, 0.15) is 0 Å². The van der Waals surface area contributed by atoms with Crippen LogP contribution in [0.15, 0.2) is 24.3 Å². The Hall–Kier alpha value is -1.54. The van der Waals surface area contributed by atoms with Crippen molar-refractivity contribution in [2.24, 2.45) is 5.92 Å². The van der Waals surface area contributed by atoms with Crippen LogP contribution in [0, 0.1) is 16.0 Å². The topological polar surface area (TPSA) is 115 Å². The maximum absolute atomic E-state index is 11.2. The normalized spacial score (nSPS) is 22.7. The van der Waals surface area contributed by atoms with E-state index in [9.17, 15) is 23.3 Å². The van der Waals surface area contributed by atoms with Gasteiger partial charge in [0.25, 0.3) is 0 Å². The van der Waals surface area contributed by atoms with Gasteiger partial charge in [0.2, 0.25) is 0 Å². The van der Waals surface area contributed by atoms with Crippen LogP contribution in [-0.2, 0) is 14.9 Å². The lowest BCUT2D eigenvalue weighted by Gasteiger charge is -2.14. The third kappa shape index (κ3) is 2.48. The van der Waals surface area contributed by atoms with Gasteiger partial charge in [0, 0.05) is 4.92 Å². The van der Waals surface area contributed by atoms with E-state index in [0.29, 0.717) is 0 Å². The average Bonchev–Trinajstić information content (AvgIpc) is 2.05. The number of rotatable bonds is 3. The lowest BCUT2D eigenvalue weighted by atomic mass is 9.99. The van der Waals surface area contributed by atoms with Gasteiger partial charge >= 0.3 is 15.5 Å². The Labute approximate surface area is 85.0 Å². The van der Waals surface area contributed by atoms with E-state index in [1.165, 1.54) is 12.2 Å². The minimum Gasteiger partial charge on any atom is -0.294 e. The molecule has 8 heteroatoms. The Morgan fingerprint density at radius 3 is 2.47 bits per heavy atom. The summed E-state index contributed by atoms with van der Waals surface area (Å²) in [4.78, 5) is 20.4. The Kier molecular flexibility index (Phi) is 3.01. The van der Waals surface area contributed by atoms with Crippen molar-refractivity contribution in [3.8, 4) is 0 Å². The van der Waals surface area contributed by atoms with Crippen LogP contribution in [0.2, 0.25) is 0 Å². The summed E-state index contributed by atoms with van der Waals surface area (Å²) in [5.41, 5.74) is 0. The minimum absolute atomic E-state index is 0.725. The molecule has 0 aromatic rings. The number of ketones is 1. The van der Waals surface area contributed by atoms with Crippen molar-refractivity contribution in [2.75, 3.05) is 0 Å². The highest BCUT2D eigenvalue weighted by atomic mass is 32.2. The molecule has 2 atom stereocenters. The molecule has 0 saturated carbocycles. The predicted molar refractivity (Wildman–Crippen MR) is 49.1 cm³/mol. The van der Waals surface area contributed by atoms with Gasteiger partial charge in [-0.05, 0) is 6.08 Å². The molecule has 0 heterocycles. The number of nitro groups is 1. The van der Waals surface area contributed by atoms with E-state index in [1.54, 1.807) is 0 Å². The molecule has 0 amide bonds. The molecule has 0 bridgehead atoms. The summed E-state index contributed by atoms with van der Waals surface area (Å²) in [6.45, 7) is 0. The van der Waals surface area contributed by atoms with Gasteiger partial charge in [-0.2, -0.15) is 8.42 Å². The summed E-state index contributed by atoms with van der Waals surface area (Å²) in [7, 11) is -4.90. The fourth-order valence-corrected chi connectivity index (χ4v) is 2.01. The fourth-order valence-electron chi connectivity index (χ4n) is 1.20. The van der Waals surface area contributed by atoms with Crippen LogP contribution in [0.3, 0.4) is 0 Å². The van der Waals surface area contributed by atoms with E-state index in [1.807, 2.05) is 0 Å². The largest absolute Gasteiger partial charge is 0.347 e. The molecule has 0 aliphatic heterocycles. The summed E-state index contributed by atoms with van der Waals surface area (Å²) in [6, 6.07) is 0. The molecule has 1 rings (SSSR count). The van der Waals surface area contributed by atoms with Crippen LogP contribution in [0.4, 0.5) is 0 Å². The minimum atomic E-state index is -4.90. The van der Waals surface area contributed by atoms with Crippen molar-refractivity contribution in [3.05, 3.63) is 34.4 Å². The Balaban J connectivity index is 3.12. The molecule has 15 heavy (non-hydrogen) atoms. The first kappa shape index (κ1) is 11.5. The van der Waals surface area contributed by atoms with E-state index < -0.39 is 32.1 Å². The molecule has 1 aliphatic rings. The molecule has 0 saturated heterocycles. The second kappa shape index (κ2) is 3.91. The Morgan fingerprint density at radius 1 is 1.47 bits per heavy atom. The van der Waals surface area contributed by atoms with E-state index in [4.69, 9.17) is 4.55 Å². The van der Waals surface area contributed by atoms with Crippen molar-refractivity contribution >= 4 is 15.9 Å². The number of nitrogens with zero attached hydrogens (tertiary/aromatic N) is 1.